The van der Waals surface area contributed by atoms with Crippen LogP contribution >= 0.6 is 0 Å². The molecule has 3 nitrogen and oxygen atoms in total. The van der Waals surface area contributed by atoms with Gasteiger partial charge in [0.05, 0.1) is 12.8 Å². The van der Waals surface area contributed by atoms with Crippen LogP contribution in [0.15, 0.2) is 66.7 Å². The van der Waals surface area contributed by atoms with Gasteiger partial charge in [-0.15, -0.1) is 0 Å². The molecule has 2 aromatic carbocycles. The topological polar surface area (TPSA) is 15.7 Å². The molecule has 0 unspecified atom stereocenters. The minimum atomic E-state index is 0.786. The van der Waals surface area contributed by atoms with Gasteiger partial charge in [-0.3, -0.25) is 4.84 Å². The van der Waals surface area contributed by atoms with Gasteiger partial charge in [-0.05, 0) is 17.7 Å². The number of hydrogen-bond donors (Lipinski definition) is 0. The summed E-state index contributed by atoms with van der Waals surface area (Å²) in [6.45, 7) is 3.77. The van der Waals surface area contributed by atoms with Crippen molar-refractivity contribution in [1.82, 2.24) is 5.01 Å². The number of likely N-dealkylation sites (N-methyl/N-ethyl adjacent to an activating group) is 1. The first-order chi connectivity index (χ1) is 10.3. The SMILES string of the molecule is CCN(CC=Cc1ccccc1)N(OC)c1ccccc1. The lowest BCUT2D eigenvalue weighted by atomic mass is 10.2. The Bertz CT molecular complexity index is 540. The molecule has 0 saturated heterocycles. The molecule has 3 heteroatoms. The fourth-order valence-corrected chi connectivity index (χ4v) is 2.15. The van der Waals surface area contributed by atoms with Crippen LogP contribution in [0.5, 0.6) is 0 Å². The monoisotopic (exact) mass is 282 g/mol. The van der Waals surface area contributed by atoms with E-state index in [0.717, 1.165) is 18.8 Å². The van der Waals surface area contributed by atoms with Gasteiger partial charge in [0.1, 0.15) is 0 Å². The van der Waals surface area contributed by atoms with E-state index in [-0.39, 0.29) is 0 Å². The summed E-state index contributed by atoms with van der Waals surface area (Å²) in [6, 6.07) is 20.4. The standard InChI is InChI=1S/C18H22N2O/c1-3-19(16-10-13-17-11-6-4-7-12-17)20(21-2)18-14-8-5-9-15-18/h4-15H,3,16H2,1-2H3. The highest BCUT2D eigenvalue weighted by atomic mass is 16.7. The highest BCUT2D eigenvalue weighted by Gasteiger charge is 2.12. The molecule has 2 aromatic rings. The summed E-state index contributed by atoms with van der Waals surface area (Å²) in [6.07, 6.45) is 4.27. The molecule has 2 rings (SSSR count). The number of hydrazine groups is 1. The molecule has 0 aromatic heterocycles. The number of nitrogens with zero attached hydrogens (tertiary/aromatic N) is 2. The Hall–Kier alpha value is -2.10. The molecule has 0 spiro atoms. The Morgan fingerprint density at radius 2 is 1.57 bits per heavy atom. The number of anilines is 1. The second kappa shape index (κ2) is 8.25. The zero-order valence-corrected chi connectivity index (χ0v) is 12.6. The number of hydrogen-bond acceptors (Lipinski definition) is 3. The van der Waals surface area contributed by atoms with Crippen LogP contribution in [0.3, 0.4) is 0 Å². The van der Waals surface area contributed by atoms with Crippen LogP contribution < -0.4 is 5.17 Å². The van der Waals surface area contributed by atoms with Crippen molar-refractivity contribution in [2.24, 2.45) is 0 Å². The molecule has 0 radical (unpaired) electrons. The van der Waals surface area contributed by atoms with Crippen LogP contribution in [0.25, 0.3) is 6.08 Å². The van der Waals surface area contributed by atoms with E-state index >= 15 is 0 Å². The first-order valence-corrected chi connectivity index (χ1v) is 7.21. The summed E-state index contributed by atoms with van der Waals surface area (Å²) < 4.78 is 0. The van der Waals surface area contributed by atoms with Crippen molar-refractivity contribution in [1.29, 1.82) is 0 Å². The molecule has 0 aliphatic rings. The van der Waals surface area contributed by atoms with Gasteiger partial charge in [0.25, 0.3) is 0 Å². The zero-order chi connectivity index (χ0) is 14.9. The maximum atomic E-state index is 5.52. The summed E-state index contributed by atoms with van der Waals surface area (Å²) in [4.78, 5) is 5.52. The predicted octanol–water partition coefficient (Wildman–Crippen LogP) is 4.00. The van der Waals surface area contributed by atoms with Crippen molar-refractivity contribution in [3.8, 4) is 0 Å². The van der Waals surface area contributed by atoms with E-state index in [4.69, 9.17) is 4.84 Å². The summed E-state index contributed by atoms with van der Waals surface area (Å²) in [5.41, 5.74) is 2.23. The van der Waals surface area contributed by atoms with Crippen LogP contribution in [-0.2, 0) is 4.84 Å². The number of rotatable bonds is 7. The Balaban J connectivity index is 2.03. The predicted molar refractivity (Wildman–Crippen MR) is 88.7 cm³/mol. The summed E-state index contributed by atoms with van der Waals surface area (Å²) in [5, 5.41) is 3.96. The maximum Gasteiger partial charge on any atom is 0.0825 e. The molecular weight excluding hydrogens is 260 g/mol. The Labute approximate surface area is 127 Å². The lowest BCUT2D eigenvalue weighted by Gasteiger charge is -2.32. The minimum absolute atomic E-state index is 0.786. The molecule has 110 valence electrons. The first kappa shape index (κ1) is 15.3. The third-order valence-corrected chi connectivity index (χ3v) is 3.20. The van der Waals surface area contributed by atoms with Crippen LogP contribution in [0.4, 0.5) is 5.69 Å². The van der Waals surface area contributed by atoms with Gasteiger partial charge in [-0.25, -0.2) is 0 Å². The zero-order valence-electron chi connectivity index (χ0n) is 12.6. The number of benzene rings is 2. The molecule has 0 aliphatic heterocycles. The third-order valence-electron chi connectivity index (χ3n) is 3.20. The lowest BCUT2D eigenvalue weighted by Crippen LogP contribution is -2.42. The van der Waals surface area contributed by atoms with Gasteiger partial charge >= 0.3 is 0 Å². The van der Waals surface area contributed by atoms with Gasteiger partial charge < -0.3 is 0 Å². The molecule has 0 fully saturated rings. The van der Waals surface area contributed by atoms with Crippen molar-refractivity contribution >= 4 is 11.8 Å². The normalized spacial score (nSPS) is 11.2. The van der Waals surface area contributed by atoms with E-state index in [0.29, 0.717) is 0 Å². The van der Waals surface area contributed by atoms with E-state index in [2.05, 4.69) is 36.2 Å². The van der Waals surface area contributed by atoms with Crippen LogP contribution in [-0.4, -0.2) is 25.2 Å². The molecule has 0 aliphatic carbocycles. The molecule has 0 amide bonds. The van der Waals surface area contributed by atoms with Crippen molar-refractivity contribution < 1.29 is 4.84 Å². The first-order valence-electron chi connectivity index (χ1n) is 7.21. The third kappa shape index (κ3) is 4.45. The maximum absolute atomic E-state index is 5.52. The van der Waals surface area contributed by atoms with Gasteiger partial charge in [0.2, 0.25) is 0 Å². The minimum Gasteiger partial charge on any atom is -0.261 e. The van der Waals surface area contributed by atoms with E-state index in [9.17, 15) is 0 Å². The van der Waals surface area contributed by atoms with Gasteiger partial charge in [-0.1, -0.05) is 67.6 Å². The quantitative estimate of drug-likeness (QED) is 0.714. The summed E-state index contributed by atoms with van der Waals surface area (Å²) in [5.74, 6) is 0. The highest BCUT2D eigenvalue weighted by molar-refractivity contribution is 5.49. The fraction of sp³-hybridized carbons (Fsp3) is 0.222. The van der Waals surface area contributed by atoms with E-state index in [1.807, 2.05) is 53.7 Å². The molecule has 0 N–H and O–H groups in total. The van der Waals surface area contributed by atoms with Gasteiger partial charge in [0, 0.05) is 13.1 Å². The Morgan fingerprint density at radius 1 is 0.952 bits per heavy atom. The second-order valence-corrected chi connectivity index (χ2v) is 4.61. The van der Waals surface area contributed by atoms with E-state index in [1.165, 1.54) is 5.56 Å². The number of para-hydroxylation sites is 1. The fourth-order valence-electron chi connectivity index (χ4n) is 2.15. The average molecular weight is 282 g/mol. The van der Waals surface area contributed by atoms with Crippen molar-refractivity contribution in [2.45, 2.75) is 6.92 Å². The van der Waals surface area contributed by atoms with Gasteiger partial charge in [-0.2, -0.15) is 10.2 Å². The highest BCUT2D eigenvalue weighted by Crippen LogP contribution is 2.16. The van der Waals surface area contributed by atoms with Crippen molar-refractivity contribution in [3.63, 3.8) is 0 Å². The Kier molecular flexibility index (Phi) is 6.00. The molecular formula is C18H22N2O. The lowest BCUT2D eigenvalue weighted by molar-refractivity contribution is 0.0352. The van der Waals surface area contributed by atoms with Gasteiger partial charge in [0.15, 0.2) is 0 Å². The van der Waals surface area contributed by atoms with E-state index in [1.54, 1.807) is 7.11 Å². The second-order valence-electron chi connectivity index (χ2n) is 4.61. The summed E-state index contributed by atoms with van der Waals surface area (Å²) in [7, 11) is 1.69. The van der Waals surface area contributed by atoms with E-state index < -0.39 is 0 Å². The molecule has 21 heavy (non-hydrogen) atoms. The van der Waals surface area contributed by atoms with Crippen LogP contribution in [0.1, 0.15) is 12.5 Å². The molecule has 0 heterocycles. The molecule has 0 saturated carbocycles. The van der Waals surface area contributed by atoms with Crippen molar-refractivity contribution in [3.05, 3.63) is 72.3 Å². The van der Waals surface area contributed by atoms with Crippen LogP contribution in [0, 0.1) is 0 Å². The summed E-state index contributed by atoms with van der Waals surface area (Å²) >= 11 is 0. The smallest absolute Gasteiger partial charge is 0.0825 e. The molecule has 0 bridgehead atoms. The average Bonchev–Trinajstić information content (AvgIpc) is 2.56. The van der Waals surface area contributed by atoms with Crippen molar-refractivity contribution in [2.75, 3.05) is 25.4 Å². The largest absolute Gasteiger partial charge is 0.261 e. The Morgan fingerprint density at radius 3 is 2.14 bits per heavy atom. The van der Waals surface area contributed by atoms with Crippen LogP contribution in [0.2, 0.25) is 0 Å². The molecule has 0 atom stereocenters.